The van der Waals surface area contributed by atoms with Crippen molar-refractivity contribution in [2.45, 2.75) is 32.2 Å². The van der Waals surface area contributed by atoms with Crippen LogP contribution in [0.3, 0.4) is 0 Å². The minimum Gasteiger partial charge on any atom is -0.354 e. The van der Waals surface area contributed by atoms with E-state index in [1.165, 1.54) is 17.5 Å². The first-order chi connectivity index (χ1) is 9.29. The Morgan fingerprint density at radius 2 is 2.00 bits per heavy atom. The molecule has 0 saturated carbocycles. The second-order valence-electron chi connectivity index (χ2n) is 4.88. The van der Waals surface area contributed by atoms with Gasteiger partial charge in [0.1, 0.15) is 0 Å². The molecule has 0 spiro atoms. The standard InChI is InChI=1S/C15H22N2OS/c1-2-3-12-4-6-13(7-5-12)8-9-16-15(18)14-10-19-11-17-14/h4-7,14,17H,2-3,8-11H2,1H3,(H,16,18). The van der Waals surface area contributed by atoms with Gasteiger partial charge < -0.3 is 5.32 Å². The fourth-order valence-electron chi connectivity index (χ4n) is 2.18. The summed E-state index contributed by atoms with van der Waals surface area (Å²) >= 11 is 1.77. The maximum absolute atomic E-state index is 11.8. The quantitative estimate of drug-likeness (QED) is 0.836. The number of thioether (sulfide) groups is 1. The first kappa shape index (κ1) is 14.4. The van der Waals surface area contributed by atoms with Crippen molar-refractivity contribution in [2.24, 2.45) is 0 Å². The summed E-state index contributed by atoms with van der Waals surface area (Å²) < 4.78 is 0. The zero-order valence-corrected chi connectivity index (χ0v) is 12.3. The molecule has 2 N–H and O–H groups in total. The van der Waals surface area contributed by atoms with Crippen molar-refractivity contribution in [3.8, 4) is 0 Å². The highest BCUT2D eigenvalue weighted by Crippen LogP contribution is 2.09. The lowest BCUT2D eigenvalue weighted by Gasteiger charge is -2.10. The van der Waals surface area contributed by atoms with E-state index >= 15 is 0 Å². The van der Waals surface area contributed by atoms with Crippen LogP contribution < -0.4 is 10.6 Å². The number of hydrogen-bond donors (Lipinski definition) is 2. The molecule has 0 aliphatic carbocycles. The van der Waals surface area contributed by atoms with Crippen molar-refractivity contribution < 1.29 is 4.79 Å². The molecular formula is C15H22N2OS. The third-order valence-corrected chi connectivity index (χ3v) is 4.25. The highest BCUT2D eigenvalue weighted by molar-refractivity contribution is 7.99. The molecule has 2 rings (SSSR count). The van der Waals surface area contributed by atoms with Gasteiger partial charge in [0.25, 0.3) is 0 Å². The summed E-state index contributed by atoms with van der Waals surface area (Å²) in [6.45, 7) is 2.91. The molecule has 1 aromatic carbocycles. The van der Waals surface area contributed by atoms with Crippen molar-refractivity contribution in [3.63, 3.8) is 0 Å². The van der Waals surface area contributed by atoms with Crippen LogP contribution in [0, 0.1) is 0 Å². The largest absolute Gasteiger partial charge is 0.354 e. The van der Waals surface area contributed by atoms with Crippen LogP contribution in [-0.4, -0.2) is 30.1 Å². The minimum absolute atomic E-state index is 0.00284. The third-order valence-electron chi connectivity index (χ3n) is 3.31. The summed E-state index contributed by atoms with van der Waals surface area (Å²) in [7, 11) is 0. The van der Waals surface area contributed by atoms with Crippen LogP contribution in [0.25, 0.3) is 0 Å². The van der Waals surface area contributed by atoms with Crippen LogP contribution in [0.15, 0.2) is 24.3 Å². The molecule has 1 aliphatic rings. The van der Waals surface area contributed by atoms with Gasteiger partial charge in [-0.25, -0.2) is 0 Å². The van der Waals surface area contributed by atoms with E-state index in [0.29, 0.717) is 0 Å². The van der Waals surface area contributed by atoms with Gasteiger partial charge in [-0.15, -0.1) is 11.8 Å². The number of aryl methyl sites for hydroxylation is 1. The Bertz CT molecular complexity index is 399. The van der Waals surface area contributed by atoms with E-state index in [4.69, 9.17) is 0 Å². The molecule has 0 bridgehead atoms. The lowest BCUT2D eigenvalue weighted by molar-refractivity contribution is -0.122. The van der Waals surface area contributed by atoms with Gasteiger partial charge in [-0.1, -0.05) is 37.6 Å². The second kappa shape index (κ2) is 7.56. The number of amides is 1. The van der Waals surface area contributed by atoms with Crippen molar-refractivity contribution >= 4 is 17.7 Å². The zero-order chi connectivity index (χ0) is 13.5. The fourth-order valence-corrected chi connectivity index (χ4v) is 3.12. The summed E-state index contributed by atoms with van der Waals surface area (Å²) in [6, 6.07) is 8.71. The van der Waals surface area contributed by atoms with Crippen LogP contribution in [0.2, 0.25) is 0 Å². The minimum atomic E-state index is -0.00284. The molecule has 1 unspecified atom stereocenters. The number of carbonyl (C=O) groups is 1. The van der Waals surface area contributed by atoms with E-state index in [9.17, 15) is 4.79 Å². The highest BCUT2D eigenvalue weighted by atomic mass is 32.2. The average molecular weight is 278 g/mol. The van der Waals surface area contributed by atoms with Gasteiger partial charge in [0.2, 0.25) is 5.91 Å². The molecular weight excluding hydrogens is 256 g/mol. The topological polar surface area (TPSA) is 41.1 Å². The van der Waals surface area contributed by atoms with Crippen molar-refractivity contribution in [1.29, 1.82) is 0 Å². The number of carbonyl (C=O) groups excluding carboxylic acids is 1. The summed E-state index contributed by atoms with van der Waals surface area (Å²) in [5.74, 6) is 1.90. The van der Waals surface area contributed by atoms with E-state index in [1.54, 1.807) is 11.8 Å². The Hall–Kier alpha value is -1.00. The van der Waals surface area contributed by atoms with E-state index < -0.39 is 0 Å². The van der Waals surface area contributed by atoms with Crippen molar-refractivity contribution in [2.75, 3.05) is 18.2 Å². The Morgan fingerprint density at radius 3 is 2.58 bits per heavy atom. The molecule has 0 radical (unpaired) electrons. The monoisotopic (exact) mass is 278 g/mol. The molecule has 3 nitrogen and oxygen atoms in total. The van der Waals surface area contributed by atoms with Gasteiger partial charge in [0.15, 0.2) is 0 Å². The van der Waals surface area contributed by atoms with Crippen LogP contribution in [0.4, 0.5) is 0 Å². The van der Waals surface area contributed by atoms with Gasteiger partial charge >= 0.3 is 0 Å². The number of nitrogens with one attached hydrogen (secondary N) is 2. The molecule has 1 saturated heterocycles. The van der Waals surface area contributed by atoms with E-state index in [0.717, 1.165) is 31.0 Å². The second-order valence-corrected chi connectivity index (χ2v) is 5.91. The first-order valence-corrected chi connectivity index (χ1v) is 8.11. The molecule has 1 aliphatic heterocycles. The summed E-state index contributed by atoms with van der Waals surface area (Å²) in [5, 5.41) is 6.18. The maximum atomic E-state index is 11.8. The predicted octanol–water partition coefficient (Wildman–Crippen LogP) is 1.96. The summed E-state index contributed by atoms with van der Waals surface area (Å²) in [5.41, 5.74) is 2.68. The fraction of sp³-hybridized carbons (Fsp3) is 0.533. The number of benzene rings is 1. The Balaban J connectivity index is 1.71. The molecule has 1 fully saturated rings. The van der Waals surface area contributed by atoms with Crippen LogP contribution >= 0.6 is 11.8 Å². The SMILES string of the molecule is CCCc1ccc(CCNC(=O)C2CSCN2)cc1. The summed E-state index contributed by atoms with van der Waals surface area (Å²) in [6.07, 6.45) is 3.22. The maximum Gasteiger partial charge on any atom is 0.238 e. The zero-order valence-electron chi connectivity index (χ0n) is 11.4. The molecule has 19 heavy (non-hydrogen) atoms. The molecule has 4 heteroatoms. The molecule has 1 aromatic rings. The first-order valence-electron chi connectivity index (χ1n) is 6.96. The smallest absolute Gasteiger partial charge is 0.238 e. The lowest BCUT2D eigenvalue weighted by Crippen LogP contribution is -2.42. The van der Waals surface area contributed by atoms with Gasteiger partial charge in [-0.2, -0.15) is 0 Å². The normalized spacial score (nSPS) is 18.5. The van der Waals surface area contributed by atoms with E-state index in [2.05, 4.69) is 41.8 Å². The van der Waals surface area contributed by atoms with Crippen LogP contribution in [-0.2, 0) is 17.6 Å². The van der Waals surface area contributed by atoms with Crippen molar-refractivity contribution in [3.05, 3.63) is 35.4 Å². The predicted molar refractivity (Wildman–Crippen MR) is 81.4 cm³/mol. The van der Waals surface area contributed by atoms with Gasteiger partial charge in [0.05, 0.1) is 6.04 Å². The highest BCUT2D eigenvalue weighted by Gasteiger charge is 2.21. The Labute approximate surface area is 119 Å². The molecule has 1 atom stereocenters. The van der Waals surface area contributed by atoms with Crippen LogP contribution in [0.1, 0.15) is 24.5 Å². The summed E-state index contributed by atoms with van der Waals surface area (Å²) in [4.78, 5) is 11.8. The Morgan fingerprint density at radius 1 is 1.32 bits per heavy atom. The molecule has 1 heterocycles. The van der Waals surface area contributed by atoms with Crippen LogP contribution in [0.5, 0.6) is 0 Å². The van der Waals surface area contributed by atoms with E-state index in [1.807, 2.05) is 0 Å². The Kier molecular flexibility index (Phi) is 5.73. The number of rotatable bonds is 6. The average Bonchev–Trinajstić information content (AvgIpc) is 2.95. The van der Waals surface area contributed by atoms with Crippen molar-refractivity contribution in [1.82, 2.24) is 10.6 Å². The van der Waals surface area contributed by atoms with E-state index in [-0.39, 0.29) is 11.9 Å². The molecule has 104 valence electrons. The van der Waals surface area contributed by atoms with Gasteiger partial charge in [-0.05, 0) is 24.0 Å². The lowest BCUT2D eigenvalue weighted by atomic mass is 10.1. The van der Waals surface area contributed by atoms with Gasteiger partial charge in [0, 0.05) is 18.2 Å². The molecule has 1 amide bonds. The number of hydrogen-bond acceptors (Lipinski definition) is 3. The van der Waals surface area contributed by atoms with Gasteiger partial charge in [-0.3, -0.25) is 10.1 Å². The molecule has 0 aromatic heterocycles. The third kappa shape index (κ3) is 4.55.